The van der Waals surface area contributed by atoms with Crippen molar-refractivity contribution in [3.05, 3.63) is 29.3 Å². The highest BCUT2D eigenvalue weighted by Gasteiger charge is 2.36. The summed E-state index contributed by atoms with van der Waals surface area (Å²) in [5.41, 5.74) is -0.898. The van der Waals surface area contributed by atoms with E-state index in [0.29, 0.717) is 5.56 Å². The quantitative estimate of drug-likeness (QED) is 0.825. The Balaban J connectivity index is 2.97. The van der Waals surface area contributed by atoms with E-state index in [2.05, 4.69) is 10.1 Å². The van der Waals surface area contributed by atoms with Crippen LogP contribution in [0.4, 0.5) is 26.3 Å². The Morgan fingerprint density at radius 3 is 2.19 bits per heavy atom. The highest BCUT2D eigenvalue weighted by Crippen LogP contribution is 2.37. The Morgan fingerprint density at radius 2 is 1.71 bits per heavy atom. The molecule has 120 valence electrons. The fourth-order valence-corrected chi connectivity index (χ4v) is 1.52. The van der Waals surface area contributed by atoms with Crippen LogP contribution in [0.3, 0.4) is 0 Å². The van der Waals surface area contributed by atoms with E-state index in [-0.39, 0.29) is 12.6 Å². The maximum Gasteiger partial charge on any atom is 0.422 e. The first-order chi connectivity index (χ1) is 9.49. The van der Waals surface area contributed by atoms with E-state index >= 15 is 0 Å². The number of hydrogen-bond donors (Lipinski definition) is 1. The summed E-state index contributed by atoms with van der Waals surface area (Å²) in [4.78, 5) is 0. The molecule has 0 aromatic heterocycles. The molecule has 0 saturated heterocycles. The summed E-state index contributed by atoms with van der Waals surface area (Å²) in [6, 6.07) is 3.07. The Kier molecular flexibility index (Phi) is 5.49. The predicted molar refractivity (Wildman–Crippen MR) is 65.0 cm³/mol. The predicted octanol–water partition coefficient (Wildman–Crippen LogP) is 4.14. The summed E-state index contributed by atoms with van der Waals surface area (Å²) < 4.78 is 79.0. The molecule has 0 atom stereocenters. The Bertz CT molecular complexity index is 467. The summed E-state index contributed by atoms with van der Waals surface area (Å²) in [6.45, 7) is 2.07. The van der Waals surface area contributed by atoms with Crippen molar-refractivity contribution in [3.63, 3.8) is 0 Å². The van der Waals surface area contributed by atoms with Gasteiger partial charge in [-0.25, -0.2) is 0 Å². The summed E-state index contributed by atoms with van der Waals surface area (Å²) in [7, 11) is 0. The van der Waals surface area contributed by atoms with Gasteiger partial charge in [0.15, 0.2) is 6.61 Å². The molecule has 0 spiro atoms. The molecule has 1 aromatic rings. The molecule has 1 rings (SSSR count). The van der Waals surface area contributed by atoms with Crippen molar-refractivity contribution in [2.24, 2.45) is 0 Å². The molecule has 0 aliphatic rings. The molecule has 0 aliphatic carbocycles. The molecule has 0 amide bonds. The van der Waals surface area contributed by atoms with E-state index in [9.17, 15) is 26.3 Å². The maximum atomic E-state index is 12.9. The number of benzene rings is 1. The first-order valence-corrected chi connectivity index (χ1v) is 6.12. The molecule has 0 bridgehead atoms. The molecule has 0 aliphatic heterocycles. The smallest absolute Gasteiger partial charge is 0.422 e. The van der Waals surface area contributed by atoms with Crippen LogP contribution < -0.4 is 10.1 Å². The highest BCUT2D eigenvalue weighted by atomic mass is 19.4. The largest absolute Gasteiger partial charge is 0.483 e. The molecule has 1 N–H and O–H groups in total. The lowest BCUT2D eigenvalue weighted by Crippen LogP contribution is -2.23. The van der Waals surface area contributed by atoms with Gasteiger partial charge in [0.25, 0.3) is 0 Å². The molecule has 0 fully saturated rings. The van der Waals surface area contributed by atoms with Crippen LogP contribution in [0.25, 0.3) is 0 Å². The van der Waals surface area contributed by atoms with E-state index in [1.807, 2.05) is 13.8 Å². The van der Waals surface area contributed by atoms with Crippen LogP contribution in [0.15, 0.2) is 18.2 Å². The van der Waals surface area contributed by atoms with Gasteiger partial charge in [-0.1, -0.05) is 19.9 Å². The molecule has 1 aromatic carbocycles. The number of ether oxygens (including phenoxy) is 1. The lowest BCUT2D eigenvalue weighted by molar-refractivity contribution is -0.158. The maximum absolute atomic E-state index is 12.9. The van der Waals surface area contributed by atoms with Crippen molar-refractivity contribution >= 4 is 0 Å². The van der Waals surface area contributed by atoms with Gasteiger partial charge in [0.05, 0.1) is 5.56 Å². The van der Waals surface area contributed by atoms with Gasteiger partial charge in [-0.2, -0.15) is 26.3 Å². The van der Waals surface area contributed by atoms with Crippen LogP contribution in [-0.2, 0) is 12.7 Å². The Labute approximate surface area is 118 Å². The van der Waals surface area contributed by atoms with Gasteiger partial charge in [0.2, 0.25) is 0 Å². The van der Waals surface area contributed by atoms with Crippen LogP contribution in [0.1, 0.15) is 25.0 Å². The normalized spacial score (nSPS) is 12.8. The van der Waals surface area contributed by atoms with E-state index in [0.717, 1.165) is 12.1 Å². The summed E-state index contributed by atoms with van der Waals surface area (Å²) in [6.07, 6.45) is -9.48. The van der Waals surface area contributed by atoms with Crippen LogP contribution in [0.2, 0.25) is 0 Å². The van der Waals surface area contributed by atoms with Gasteiger partial charge in [-0.3, -0.25) is 0 Å². The minimum absolute atomic E-state index is 0.0699. The lowest BCUT2D eigenvalue weighted by atomic mass is 10.1. The third kappa shape index (κ3) is 6.24. The zero-order valence-electron chi connectivity index (χ0n) is 11.4. The van der Waals surface area contributed by atoms with Gasteiger partial charge in [0.1, 0.15) is 5.75 Å². The molecule has 0 radical (unpaired) electrons. The van der Waals surface area contributed by atoms with Crippen LogP contribution in [0, 0.1) is 0 Å². The second-order valence-electron chi connectivity index (χ2n) is 4.77. The Hall–Kier alpha value is -1.44. The molecule has 0 heterocycles. The number of halogens is 6. The van der Waals surface area contributed by atoms with E-state index < -0.39 is 30.3 Å². The number of nitrogens with one attached hydrogen (secondary N) is 1. The zero-order chi connectivity index (χ0) is 16.3. The molecule has 0 unspecified atom stereocenters. The van der Waals surface area contributed by atoms with Gasteiger partial charge in [0, 0.05) is 12.6 Å². The summed E-state index contributed by atoms with van der Waals surface area (Å²) >= 11 is 0. The topological polar surface area (TPSA) is 21.3 Å². The molecule has 2 nitrogen and oxygen atoms in total. The number of rotatable bonds is 5. The van der Waals surface area contributed by atoms with E-state index in [4.69, 9.17) is 0 Å². The third-order valence-electron chi connectivity index (χ3n) is 2.46. The van der Waals surface area contributed by atoms with Crippen molar-refractivity contribution in [2.45, 2.75) is 38.8 Å². The summed E-state index contributed by atoms with van der Waals surface area (Å²) in [5.74, 6) is -0.826. The first kappa shape index (κ1) is 17.6. The zero-order valence-corrected chi connectivity index (χ0v) is 11.4. The third-order valence-corrected chi connectivity index (χ3v) is 2.46. The SMILES string of the molecule is CC(C)NCc1ccc(OCC(F)(F)F)c(C(F)(F)F)c1. The molecule has 0 saturated carbocycles. The minimum Gasteiger partial charge on any atom is -0.483 e. The second kappa shape index (κ2) is 6.55. The number of alkyl halides is 6. The van der Waals surface area contributed by atoms with Crippen LogP contribution in [0.5, 0.6) is 5.75 Å². The minimum atomic E-state index is -4.78. The van der Waals surface area contributed by atoms with Crippen molar-refractivity contribution in [1.29, 1.82) is 0 Å². The van der Waals surface area contributed by atoms with Crippen LogP contribution >= 0.6 is 0 Å². The van der Waals surface area contributed by atoms with Gasteiger partial charge in [-0.05, 0) is 17.7 Å². The second-order valence-corrected chi connectivity index (χ2v) is 4.77. The molecular formula is C13H15F6NO. The van der Waals surface area contributed by atoms with Crippen molar-refractivity contribution in [2.75, 3.05) is 6.61 Å². The van der Waals surface area contributed by atoms with Gasteiger partial charge < -0.3 is 10.1 Å². The molecule has 21 heavy (non-hydrogen) atoms. The summed E-state index contributed by atoms with van der Waals surface area (Å²) in [5, 5.41) is 2.93. The molecule has 8 heteroatoms. The van der Waals surface area contributed by atoms with Crippen LogP contribution in [-0.4, -0.2) is 18.8 Å². The standard InChI is InChI=1S/C13H15F6NO/c1-8(2)20-6-9-3-4-11(21-7-12(14,15)16)10(5-9)13(17,18)19/h3-5,8,20H,6-7H2,1-2H3. The van der Waals surface area contributed by atoms with Crippen molar-refractivity contribution in [3.8, 4) is 5.75 Å². The average Bonchev–Trinajstić information content (AvgIpc) is 2.32. The van der Waals surface area contributed by atoms with E-state index in [1.54, 1.807) is 0 Å². The fourth-order valence-electron chi connectivity index (χ4n) is 1.52. The average molecular weight is 315 g/mol. The lowest BCUT2D eigenvalue weighted by Gasteiger charge is -2.17. The monoisotopic (exact) mass is 315 g/mol. The van der Waals surface area contributed by atoms with Gasteiger partial charge in [-0.15, -0.1) is 0 Å². The van der Waals surface area contributed by atoms with Gasteiger partial charge >= 0.3 is 12.4 Å². The van der Waals surface area contributed by atoms with Crippen molar-refractivity contribution in [1.82, 2.24) is 5.32 Å². The fraction of sp³-hybridized carbons (Fsp3) is 0.538. The van der Waals surface area contributed by atoms with Crippen molar-refractivity contribution < 1.29 is 31.1 Å². The highest BCUT2D eigenvalue weighted by molar-refractivity contribution is 5.39. The first-order valence-electron chi connectivity index (χ1n) is 6.12. The van der Waals surface area contributed by atoms with E-state index in [1.165, 1.54) is 6.07 Å². The molecular weight excluding hydrogens is 300 g/mol. The number of hydrogen-bond acceptors (Lipinski definition) is 2. The Morgan fingerprint density at radius 1 is 1.10 bits per heavy atom.